The molecule has 0 aliphatic carbocycles. The molecule has 0 saturated carbocycles. The number of aromatic nitrogens is 1. The molecular weight excluding hydrogens is 270 g/mol. The smallest absolute Gasteiger partial charge is 0.146 e. The molecule has 22 heavy (non-hydrogen) atoms. The number of hydrogen-bond acceptors (Lipinski definition) is 2. The number of pyridine rings is 1. The third-order valence-electron chi connectivity index (χ3n) is 4.14. The predicted molar refractivity (Wildman–Crippen MR) is 91.0 cm³/mol. The molecule has 0 spiro atoms. The molecule has 0 unspecified atom stereocenters. The molecule has 0 saturated heterocycles. The number of benzene rings is 2. The van der Waals surface area contributed by atoms with Crippen LogP contribution in [0.3, 0.4) is 0 Å². The predicted octanol–water partition coefficient (Wildman–Crippen LogP) is 5.77. The highest BCUT2D eigenvalue weighted by Gasteiger charge is 2.15. The van der Waals surface area contributed by atoms with Crippen LogP contribution in [-0.2, 0) is 0 Å². The third kappa shape index (κ3) is 1.92. The van der Waals surface area contributed by atoms with Crippen LogP contribution in [0.4, 0.5) is 0 Å². The molecule has 2 aromatic heterocycles. The van der Waals surface area contributed by atoms with Crippen LogP contribution in [0.2, 0.25) is 0 Å². The van der Waals surface area contributed by atoms with Crippen molar-refractivity contribution in [2.75, 3.05) is 0 Å². The monoisotopic (exact) mass is 287 g/mol. The van der Waals surface area contributed by atoms with Crippen molar-refractivity contribution in [3.63, 3.8) is 0 Å². The molecule has 0 amide bonds. The molecule has 0 radical (unpaired) electrons. The Morgan fingerprint density at radius 2 is 1.64 bits per heavy atom. The number of fused-ring (bicyclic) bond motifs is 3. The molecule has 2 aromatic carbocycles. The number of hydrogen-bond donors (Lipinski definition) is 0. The summed E-state index contributed by atoms with van der Waals surface area (Å²) in [5.41, 5.74) is 5.32. The summed E-state index contributed by atoms with van der Waals surface area (Å²) in [6, 6.07) is 16.6. The Labute approximate surface area is 129 Å². The first-order valence-corrected chi connectivity index (χ1v) is 7.60. The first kappa shape index (κ1) is 13.1. The Bertz CT molecular complexity index is 951. The molecule has 2 heterocycles. The Hall–Kier alpha value is -2.61. The molecule has 0 aliphatic heterocycles. The van der Waals surface area contributed by atoms with Crippen LogP contribution < -0.4 is 0 Å². The fraction of sp³-hybridized carbons (Fsp3) is 0.150. The van der Waals surface area contributed by atoms with E-state index in [0.717, 1.165) is 33.1 Å². The average molecular weight is 287 g/mol. The number of nitrogens with zero attached hydrogens (tertiary/aromatic N) is 1. The highest BCUT2D eigenvalue weighted by molar-refractivity contribution is 6.09. The zero-order chi connectivity index (χ0) is 15.1. The molecule has 0 aliphatic rings. The Morgan fingerprint density at radius 1 is 0.818 bits per heavy atom. The highest BCUT2D eigenvalue weighted by Crippen LogP contribution is 2.37. The van der Waals surface area contributed by atoms with Gasteiger partial charge >= 0.3 is 0 Å². The van der Waals surface area contributed by atoms with Gasteiger partial charge in [0.25, 0.3) is 0 Å². The van der Waals surface area contributed by atoms with E-state index in [9.17, 15) is 0 Å². The second-order valence-corrected chi connectivity index (χ2v) is 5.91. The first-order chi connectivity index (χ1) is 10.8. The van der Waals surface area contributed by atoms with Gasteiger partial charge in [0.05, 0.1) is 0 Å². The largest absolute Gasteiger partial charge is 0.455 e. The molecule has 108 valence electrons. The summed E-state index contributed by atoms with van der Waals surface area (Å²) in [4.78, 5) is 4.43. The quantitative estimate of drug-likeness (QED) is 0.467. The van der Waals surface area contributed by atoms with Crippen LogP contribution >= 0.6 is 0 Å². The minimum absolute atomic E-state index is 0.428. The zero-order valence-corrected chi connectivity index (χ0v) is 12.7. The zero-order valence-electron chi connectivity index (χ0n) is 12.7. The normalized spacial score (nSPS) is 11.6. The van der Waals surface area contributed by atoms with E-state index >= 15 is 0 Å². The second-order valence-electron chi connectivity index (χ2n) is 5.91. The van der Waals surface area contributed by atoms with Gasteiger partial charge in [0.1, 0.15) is 11.2 Å². The van der Waals surface area contributed by atoms with Crippen LogP contribution in [-0.4, -0.2) is 4.98 Å². The number of furan rings is 1. The lowest BCUT2D eigenvalue weighted by Gasteiger charge is -2.04. The van der Waals surface area contributed by atoms with Gasteiger partial charge in [-0.3, -0.25) is 4.98 Å². The lowest BCUT2D eigenvalue weighted by Crippen LogP contribution is -1.86. The van der Waals surface area contributed by atoms with E-state index in [1.54, 1.807) is 0 Å². The van der Waals surface area contributed by atoms with Gasteiger partial charge in [0.15, 0.2) is 0 Å². The summed E-state index contributed by atoms with van der Waals surface area (Å²) in [5.74, 6) is 0.428. The van der Waals surface area contributed by atoms with Crippen molar-refractivity contribution in [3.8, 4) is 11.1 Å². The SMILES string of the molecule is CC(C)c1cccc2c1oc1c(-c3ccccc3)cncc12. The van der Waals surface area contributed by atoms with Crippen molar-refractivity contribution < 1.29 is 4.42 Å². The van der Waals surface area contributed by atoms with Crippen molar-refractivity contribution in [2.24, 2.45) is 0 Å². The minimum Gasteiger partial charge on any atom is -0.455 e. The summed E-state index contributed by atoms with van der Waals surface area (Å²) in [6.07, 6.45) is 3.78. The van der Waals surface area contributed by atoms with Gasteiger partial charge in [-0.25, -0.2) is 0 Å². The summed E-state index contributed by atoms with van der Waals surface area (Å²) in [6.45, 7) is 4.39. The molecule has 2 nitrogen and oxygen atoms in total. The molecule has 4 aromatic rings. The van der Waals surface area contributed by atoms with Crippen molar-refractivity contribution in [1.29, 1.82) is 0 Å². The highest BCUT2D eigenvalue weighted by atomic mass is 16.3. The standard InChI is InChI=1S/C20H17NO/c1-13(2)15-9-6-10-16-18-12-21-11-17(20(18)22-19(15)16)14-7-4-3-5-8-14/h3-13H,1-2H3. The second kappa shape index (κ2) is 4.99. The lowest BCUT2D eigenvalue weighted by atomic mass is 10.00. The maximum absolute atomic E-state index is 6.29. The molecule has 0 N–H and O–H groups in total. The van der Waals surface area contributed by atoms with Gasteiger partial charge in [0.2, 0.25) is 0 Å². The van der Waals surface area contributed by atoms with E-state index in [1.807, 2.05) is 30.6 Å². The van der Waals surface area contributed by atoms with Gasteiger partial charge in [-0.05, 0) is 17.0 Å². The van der Waals surface area contributed by atoms with Gasteiger partial charge in [-0.15, -0.1) is 0 Å². The van der Waals surface area contributed by atoms with Gasteiger partial charge < -0.3 is 4.42 Å². The van der Waals surface area contributed by atoms with Gasteiger partial charge in [0, 0.05) is 28.7 Å². The topological polar surface area (TPSA) is 26.0 Å². The summed E-state index contributed by atoms with van der Waals surface area (Å²) < 4.78 is 6.29. The Balaban J connectivity index is 2.10. The fourth-order valence-corrected chi connectivity index (χ4v) is 3.01. The van der Waals surface area contributed by atoms with Crippen molar-refractivity contribution in [1.82, 2.24) is 4.98 Å². The lowest BCUT2D eigenvalue weighted by molar-refractivity contribution is 0.657. The van der Waals surface area contributed by atoms with E-state index < -0.39 is 0 Å². The summed E-state index contributed by atoms with van der Waals surface area (Å²) in [5, 5.41) is 2.23. The molecule has 0 fully saturated rings. The van der Waals surface area contributed by atoms with E-state index in [2.05, 4.69) is 49.2 Å². The van der Waals surface area contributed by atoms with Crippen molar-refractivity contribution >= 4 is 21.9 Å². The molecule has 0 atom stereocenters. The molecule has 4 rings (SSSR count). The van der Waals surface area contributed by atoms with E-state index in [-0.39, 0.29) is 0 Å². The molecular formula is C20H17NO. The fourth-order valence-electron chi connectivity index (χ4n) is 3.01. The van der Waals surface area contributed by atoms with Crippen LogP contribution in [0, 0.1) is 0 Å². The maximum Gasteiger partial charge on any atom is 0.146 e. The van der Waals surface area contributed by atoms with Gasteiger partial charge in [-0.1, -0.05) is 62.4 Å². The van der Waals surface area contributed by atoms with Crippen molar-refractivity contribution in [3.05, 3.63) is 66.5 Å². The Morgan fingerprint density at radius 3 is 2.41 bits per heavy atom. The van der Waals surface area contributed by atoms with Crippen LogP contribution in [0.15, 0.2) is 65.3 Å². The van der Waals surface area contributed by atoms with Crippen molar-refractivity contribution in [2.45, 2.75) is 19.8 Å². The van der Waals surface area contributed by atoms with E-state index in [1.165, 1.54) is 5.56 Å². The van der Waals surface area contributed by atoms with Crippen LogP contribution in [0.1, 0.15) is 25.3 Å². The molecule has 2 heteroatoms. The first-order valence-electron chi connectivity index (χ1n) is 7.60. The Kier molecular flexibility index (Phi) is 2.97. The van der Waals surface area contributed by atoms with E-state index in [0.29, 0.717) is 5.92 Å². The van der Waals surface area contributed by atoms with Crippen LogP contribution in [0.5, 0.6) is 0 Å². The van der Waals surface area contributed by atoms with E-state index in [4.69, 9.17) is 4.42 Å². The molecule has 0 bridgehead atoms. The average Bonchev–Trinajstić information content (AvgIpc) is 2.94. The third-order valence-corrected chi connectivity index (χ3v) is 4.14. The van der Waals surface area contributed by atoms with Crippen LogP contribution in [0.25, 0.3) is 33.1 Å². The minimum atomic E-state index is 0.428. The van der Waals surface area contributed by atoms with Gasteiger partial charge in [-0.2, -0.15) is 0 Å². The summed E-state index contributed by atoms with van der Waals surface area (Å²) in [7, 11) is 0. The summed E-state index contributed by atoms with van der Waals surface area (Å²) >= 11 is 0. The number of rotatable bonds is 2. The number of para-hydroxylation sites is 1. The maximum atomic E-state index is 6.29.